The molecule has 7 nitrogen and oxygen atoms in total. The molecule has 0 atom stereocenters. The first-order valence-corrected chi connectivity index (χ1v) is 8.31. The van der Waals surface area contributed by atoms with E-state index in [1.165, 1.54) is 31.2 Å². The molecule has 0 aromatic heterocycles. The molecule has 18 heavy (non-hydrogen) atoms. The normalized spacial score (nSPS) is 13.6. The minimum atomic E-state index is -5.14. The van der Waals surface area contributed by atoms with Gasteiger partial charge >= 0.3 is 15.2 Å². The summed E-state index contributed by atoms with van der Waals surface area (Å²) in [6.45, 7) is 1.49. The Morgan fingerprint density at radius 2 is 1.50 bits per heavy atom. The van der Waals surface area contributed by atoms with Crippen molar-refractivity contribution in [1.82, 2.24) is 5.32 Å². The molecule has 0 aliphatic rings. The van der Waals surface area contributed by atoms with Gasteiger partial charge in [-0.2, -0.15) is 0 Å². The zero-order valence-electron chi connectivity index (χ0n) is 9.59. The molecule has 0 saturated carbocycles. The molecule has 1 aromatic carbocycles. The van der Waals surface area contributed by atoms with Crippen molar-refractivity contribution in [2.75, 3.05) is 6.54 Å². The highest BCUT2D eigenvalue weighted by Crippen LogP contribution is 2.72. The van der Waals surface area contributed by atoms with Gasteiger partial charge in [-0.15, -0.1) is 0 Å². The van der Waals surface area contributed by atoms with Crippen molar-refractivity contribution in [1.29, 1.82) is 0 Å². The van der Waals surface area contributed by atoms with Crippen molar-refractivity contribution in [3.05, 3.63) is 35.9 Å². The van der Waals surface area contributed by atoms with E-state index in [0.717, 1.165) is 0 Å². The Balaban J connectivity index is 3.61. The molecule has 0 spiro atoms. The van der Waals surface area contributed by atoms with Crippen LogP contribution in [0.4, 0.5) is 0 Å². The first kappa shape index (κ1) is 15.5. The first-order valence-electron chi connectivity index (χ1n) is 5.08. The van der Waals surface area contributed by atoms with Crippen LogP contribution < -0.4 is 5.32 Å². The Labute approximate surface area is 104 Å². The molecule has 0 fully saturated rings. The van der Waals surface area contributed by atoms with Gasteiger partial charge in [-0.3, -0.25) is 14.4 Å². The first-order chi connectivity index (χ1) is 8.17. The lowest BCUT2D eigenvalue weighted by Gasteiger charge is -2.35. The molecule has 0 aliphatic heterocycles. The van der Waals surface area contributed by atoms with Crippen LogP contribution in [0.3, 0.4) is 0 Å². The maximum atomic E-state index is 11.6. The number of benzene rings is 1. The highest BCUT2D eigenvalue weighted by Gasteiger charge is 2.61. The second-order valence-corrected chi connectivity index (χ2v) is 7.53. The van der Waals surface area contributed by atoms with Gasteiger partial charge in [0.1, 0.15) is 0 Å². The van der Waals surface area contributed by atoms with E-state index in [0.29, 0.717) is 0 Å². The van der Waals surface area contributed by atoms with Crippen molar-refractivity contribution in [3.8, 4) is 0 Å². The molecule has 1 aromatic rings. The minimum absolute atomic E-state index is 0.00882. The Bertz CT molecular complexity index is 471. The van der Waals surface area contributed by atoms with E-state index in [1.807, 2.05) is 0 Å². The second kappa shape index (κ2) is 5.23. The predicted molar refractivity (Wildman–Crippen MR) is 65.9 cm³/mol. The summed E-state index contributed by atoms with van der Waals surface area (Å²) >= 11 is 0. The van der Waals surface area contributed by atoms with Crippen LogP contribution >= 0.6 is 15.2 Å². The van der Waals surface area contributed by atoms with Gasteiger partial charge in [-0.05, 0) is 12.1 Å². The summed E-state index contributed by atoms with van der Waals surface area (Å²) in [4.78, 5) is 37.6. The maximum absolute atomic E-state index is 11.6. The average Bonchev–Trinajstić information content (AvgIpc) is 2.23. The van der Waals surface area contributed by atoms with Crippen molar-refractivity contribution in [2.45, 2.75) is 11.9 Å². The van der Waals surface area contributed by atoms with Gasteiger partial charge < -0.3 is 19.6 Å². The monoisotopic (exact) mass is 295 g/mol. The lowest BCUT2D eigenvalue weighted by molar-refractivity contribution is 0.290. The van der Waals surface area contributed by atoms with Crippen LogP contribution in [0.1, 0.15) is 12.5 Å². The van der Waals surface area contributed by atoms with Crippen LogP contribution in [0.25, 0.3) is 0 Å². The van der Waals surface area contributed by atoms with Gasteiger partial charge in [0.15, 0.2) is 0 Å². The summed E-state index contributed by atoms with van der Waals surface area (Å²) in [5.41, 5.74) is -0.145. The van der Waals surface area contributed by atoms with Crippen molar-refractivity contribution in [3.63, 3.8) is 0 Å². The minimum Gasteiger partial charge on any atom is -0.322 e. The molecule has 0 saturated heterocycles. The lowest BCUT2D eigenvalue weighted by atomic mass is 10.2. The molecule has 0 unspecified atom stereocenters. The number of nitrogens with one attached hydrogen (secondary N) is 1. The zero-order valence-corrected chi connectivity index (χ0v) is 11.4. The van der Waals surface area contributed by atoms with Crippen LogP contribution in [0.15, 0.2) is 30.3 Å². The SMILES string of the molecule is CCNC(c1ccccc1)(P(=O)(O)O)P(=O)(O)O. The van der Waals surface area contributed by atoms with Crippen molar-refractivity contribution >= 4 is 15.2 Å². The number of hydrogen-bond donors (Lipinski definition) is 5. The van der Waals surface area contributed by atoms with Gasteiger partial charge in [-0.1, -0.05) is 37.3 Å². The summed E-state index contributed by atoms with van der Waals surface area (Å²) in [6, 6.07) is 7.01. The third-order valence-electron chi connectivity index (χ3n) is 2.44. The van der Waals surface area contributed by atoms with Crippen LogP contribution in [-0.2, 0) is 14.2 Å². The molecule has 0 amide bonds. The summed E-state index contributed by atoms with van der Waals surface area (Å²) < 4.78 is 23.3. The van der Waals surface area contributed by atoms with Crippen LogP contribution in [-0.4, -0.2) is 26.1 Å². The predicted octanol–water partition coefficient (Wildman–Crippen LogP) is 0.762. The van der Waals surface area contributed by atoms with Crippen molar-refractivity contribution in [2.24, 2.45) is 0 Å². The van der Waals surface area contributed by atoms with E-state index in [2.05, 4.69) is 5.32 Å². The maximum Gasteiger partial charge on any atom is 0.362 e. The quantitative estimate of drug-likeness (QED) is 0.507. The van der Waals surface area contributed by atoms with E-state index in [-0.39, 0.29) is 12.1 Å². The average molecular weight is 295 g/mol. The van der Waals surface area contributed by atoms with Crippen LogP contribution in [0.2, 0.25) is 0 Å². The fraction of sp³-hybridized carbons (Fsp3) is 0.333. The zero-order chi connectivity index (χ0) is 14.0. The molecule has 1 rings (SSSR count). The van der Waals surface area contributed by atoms with Gasteiger partial charge in [0.05, 0.1) is 0 Å². The molecular formula is C9H15NO6P2. The molecule has 0 aliphatic carbocycles. The van der Waals surface area contributed by atoms with E-state index in [9.17, 15) is 28.7 Å². The van der Waals surface area contributed by atoms with Gasteiger partial charge in [-0.25, -0.2) is 0 Å². The van der Waals surface area contributed by atoms with E-state index in [1.54, 1.807) is 6.07 Å². The Morgan fingerprint density at radius 1 is 1.06 bits per heavy atom. The third-order valence-corrected chi connectivity index (χ3v) is 6.52. The molecule has 0 bridgehead atoms. The molecule has 0 heterocycles. The van der Waals surface area contributed by atoms with Crippen LogP contribution in [0.5, 0.6) is 0 Å². The summed E-state index contributed by atoms with van der Waals surface area (Å²) in [7, 11) is -10.3. The molecular weight excluding hydrogens is 280 g/mol. The van der Waals surface area contributed by atoms with Gasteiger partial charge in [0.25, 0.3) is 0 Å². The summed E-state index contributed by atoms with van der Waals surface area (Å²) in [6.07, 6.45) is 0. The Morgan fingerprint density at radius 3 is 1.83 bits per heavy atom. The standard InChI is InChI=1S/C9H15NO6P2/c1-2-10-9(17(11,12)13,18(14,15)16)8-6-4-3-5-7-8/h3-7,10H,2H2,1H3,(H2,11,12,13)(H2,14,15,16). The summed E-state index contributed by atoms with van der Waals surface area (Å²) in [5, 5.41) is -0.432. The third kappa shape index (κ3) is 2.58. The smallest absolute Gasteiger partial charge is 0.322 e. The van der Waals surface area contributed by atoms with Gasteiger partial charge in [0, 0.05) is 0 Å². The van der Waals surface area contributed by atoms with Crippen molar-refractivity contribution < 1.29 is 28.7 Å². The lowest BCUT2D eigenvalue weighted by Crippen LogP contribution is -2.41. The topological polar surface area (TPSA) is 127 Å². The highest BCUT2D eigenvalue weighted by atomic mass is 31.2. The van der Waals surface area contributed by atoms with E-state index < -0.39 is 20.2 Å². The van der Waals surface area contributed by atoms with Gasteiger partial charge in [0.2, 0.25) is 5.02 Å². The number of hydrogen-bond acceptors (Lipinski definition) is 3. The Kier molecular flexibility index (Phi) is 4.51. The Hall–Kier alpha value is -0.520. The van der Waals surface area contributed by atoms with E-state index in [4.69, 9.17) is 0 Å². The molecule has 9 heteroatoms. The fourth-order valence-electron chi connectivity index (χ4n) is 1.73. The fourth-order valence-corrected chi connectivity index (χ4v) is 4.79. The van der Waals surface area contributed by atoms with E-state index >= 15 is 0 Å². The van der Waals surface area contributed by atoms with Crippen LogP contribution in [0, 0.1) is 0 Å². The largest absolute Gasteiger partial charge is 0.362 e. The second-order valence-electron chi connectivity index (χ2n) is 3.66. The molecule has 102 valence electrons. The molecule has 5 N–H and O–H groups in total. The summed E-state index contributed by atoms with van der Waals surface area (Å²) in [5.74, 6) is 0. The highest BCUT2D eigenvalue weighted by molar-refractivity contribution is 7.71. The number of rotatable bonds is 5. The molecule has 0 radical (unpaired) electrons.